The minimum absolute atomic E-state index is 0.128. The number of benzene rings is 1. The van der Waals surface area contributed by atoms with Crippen molar-refractivity contribution in [2.45, 2.75) is 121 Å². The molecule has 0 spiro atoms. The molecule has 0 saturated heterocycles. The molecule has 0 fully saturated rings. The molecule has 4 heteroatoms. The first-order valence-corrected chi connectivity index (χ1v) is 13.3. The van der Waals surface area contributed by atoms with Crippen molar-refractivity contribution >= 4 is 23.1 Å². The Morgan fingerprint density at radius 2 is 0.611 bits per heavy atom. The van der Waals surface area contributed by atoms with Crippen molar-refractivity contribution in [3.8, 4) is 0 Å². The molecule has 0 aliphatic carbocycles. The molecular formula is C32H50O4. The molecule has 36 heavy (non-hydrogen) atoms. The van der Waals surface area contributed by atoms with Gasteiger partial charge in [0.1, 0.15) is 23.1 Å². The first-order chi connectivity index (χ1) is 16.0. The Hall–Kier alpha value is -2.10. The van der Waals surface area contributed by atoms with E-state index in [1.807, 2.05) is 107 Å². The number of carbonyl (C=O) groups is 4. The van der Waals surface area contributed by atoms with Crippen molar-refractivity contribution in [3.05, 3.63) is 35.4 Å². The van der Waals surface area contributed by atoms with Crippen molar-refractivity contribution < 1.29 is 19.2 Å². The maximum Gasteiger partial charge on any atom is 0.138 e. The van der Waals surface area contributed by atoms with Gasteiger partial charge in [0.15, 0.2) is 0 Å². The van der Waals surface area contributed by atoms with E-state index in [9.17, 15) is 19.2 Å². The molecule has 0 aromatic heterocycles. The molecule has 1 aromatic rings. The molecule has 0 aliphatic rings. The Kier molecular flexibility index (Phi) is 10.2. The van der Waals surface area contributed by atoms with Crippen LogP contribution in [0, 0.1) is 21.7 Å². The summed E-state index contributed by atoms with van der Waals surface area (Å²) in [7, 11) is 0. The van der Waals surface area contributed by atoms with Gasteiger partial charge < -0.3 is 0 Å². The maximum atomic E-state index is 12.9. The summed E-state index contributed by atoms with van der Waals surface area (Å²) >= 11 is 0. The molecule has 4 nitrogen and oxygen atoms in total. The molecule has 0 radical (unpaired) electrons. The van der Waals surface area contributed by atoms with Gasteiger partial charge in [-0.15, -0.1) is 0 Å². The van der Waals surface area contributed by atoms with Crippen LogP contribution in [0.1, 0.15) is 132 Å². The van der Waals surface area contributed by atoms with E-state index in [0.29, 0.717) is 25.7 Å². The smallest absolute Gasteiger partial charge is 0.138 e. The third-order valence-corrected chi connectivity index (χ3v) is 6.95. The normalized spacial score (nSPS) is 13.3. The van der Waals surface area contributed by atoms with E-state index >= 15 is 0 Å². The van der Waals surface area contributed by atoms with Crippen LogP contribution in [-0.4, -0.2) is 23.1 Å². The predicted octanol–water partition coefficient (Wildman–Crippen LogP) is 7.88. The van der Waals surface area contributed by atoms with Crippen LogP contribution in [0.3, 0.4) is 0 Å². The topological polar surface area (TPSA) is 68.3 Å². The van der Waals surface area contributed by atoms with E-state index in [-0.39, 0.29) is 35.0 Å². The molecule has 0 amide bonds. The summed E-state index contributed by atoms with van der Waals surface area (Å²) in [5.74, 6) is 0.0996. The summed E-state index contributed by atoms with van der Waals surface area (Å²) in [6, 6.07) is 7.90. The Morgan fingerprint density at radius 1 is 0.444 bits per heavy atom. The lowest BCUT2D eigenvalue weighted by Gasteiger charge is -2.27. The van der Waals surface area contributed by atoms with E-state index in [4.69, 9.17) is 0 Å². The number of Topliss-reactive ketones (excluding diaryl/α,β-unsaturated/α-hetero) is 4. The lowest BCUT2D eigenvalue weighted by atomic mass is 9.76. The van der Waals surface area contributed by atoms with Crippen molar-refractivity contribution in [1.29, 1.82) is 0 Å². The second kappa shape index (κ2) is 11.5. The van der Waals surface area contributed by atoms with Gasteiger partial charge in [-0.1, -0.05) is 107 Å². The van der Waals surface area contributed by atoms with E-state index in [0.717, 1.165) is 11.1 Å². The highest BCUT2D eigenvalue weighted by Crippen LogP contribution is 2.35. The van der Waals surface area contributed by atoms with Crippen molar-refractivity contribution in [1.82, 2.24) is 0 Å². The summed E-state index contributed by atoms with van der Waals surface area (Å²) in [5, 5.41) is 0. The van der Waals surface area contributed by atoms with Gasteiger partial charge in [-0.2, -0.15) is 0 Å². The van der Waals surface area contributed by atoms with E-state index in [1.165, 1.54) is 0 Å². The fourth-order valence-electron chi connectivity index (χ4n) is 3.78. The Bertz CT molecular complexity index is 803. The Morgan fingerprint density at radius 3 is 0.750 bits per heavy atom. The average molecular weight is 499 g/mol. The van der Waals surface area contributed by atoms with Crippen molar-refractivity contribution in [3.63, 3.8) is 0 Å². The highest BCUT2D eigenvalue weighted by Gasteiger charge is 2.32. The van der Waals surface area contributed by atoms with Crippen molar-refractivity contribution in [2.24, 2.45) is 21.7 Å². The molecule has 0 atom stereocenters. The zero-order chi connectivity index (χ0) is 28.3. The minimum Gasteiger partial charge on any atom is -0.299 e. The molecule has 0 aliphatic heterocycles. The maximum absolute atomic E-state index is 12.9. The van der Waals surface area contributed by atoms with Crippen LogP contribution < -0.4 is 0 Å². The van der Waals surface area contributed by atoms with Crippen LogP contribution in [0.2, 0.25) is 0 Å². The zero-order valence-corrected chi connectivity index (χ0v) is 24.9. The largest absolute Gasteiger partial charge is 0.299 e. The van der Waals surface area contributed by atoms with E-state index < -0.39 is 21.7 Å². The molecule has 1 aromatic carbocycles. The zero-order valence-electron chi connectivity index (χ0n) is 24.9. The van der Waals surface area contributed by atoms with Gasteiger partial charge >= 0.3 is 0 Å². The van der Waals surface area contributed by atoms with Crippen LogP contribution in [-0.2, 0) is 19.2 Å². The van der Waals surface area contributed by atoms with Crippen molar-refractivity contribution in [2.75, 3.05) is 0 Å². The summed E-state index contributed by atoms with van der Waals surface area (Å²) in [5.41, 5.74) is -0.0266. The fourth-order valence-corrected chi connectivity index (χ4v) is 3.78. The molecule has 0 bridgehead atoms. The highest BCUT2D eigenvalue weighted by molar-refractivity contribution is 5.88. The van der Waals surface area contributed by atoms with Crippen LogP contribution in [0.4, 0.5) is 0 Å². The lowest BCUT2D eigenvalue weighted by molar-refractivity contribution is -0.130. The average Bonchev–Trinajstić information content (AvgIpc) is 2.69. The van der Waals surface area contributed by atoms with Crippen LogP contribution in [0.15, 0.2) is 24.3 Å². The van der Waals surface area contributed by atoms with Crippen LogP contribution in [0.5, 0.6) is 0 Å². The molecule has 1 rings (SSSR count). The first kappa shape index (κ1) is 31.9. The quantitative estimate of drug-likeness (QED) is 0.329. The third kappa shape index (κ3) is 9.75. The summed E-state index contributed by atoms with van der Waals surface area (Å²) < 4.78 is 0. The highest BCUT2D eigenvalue weighted by atomic mass is 16.1. The Balaban J connectivity index is 3.36. The molecule has 0 unspecified atom stereocenters. The van der Waals surface area contributed by atoms with Gasteiger partial charge in [0.25, 0.3) is 0 Å². The lowest BCUT2D eigenvalue weighted by Crippen LogP contribution is -2.27. The Labute approximate surface area is 220 Å². The second-order valence-electron chi connectivity index (χ2n) is 14.6. The summed E-state index contributed by atoms with van der Waals surface area (Å²) in [6.07, 6.45) is 1.22. The van der Waals surface area contributed by atoms with Gasteiger partial charge in [0.05, 0.1) is 0 Å². The van der Waals surface area contributed by atoms with Gasteiger partial charge in [0, 0.05) is 47.3 Å². The van der Waals surface area contributed by atoms with E-state index in [2.05, 4.69) is 0 Å². The number of rotatable bonds is 10. The van der Waals surface area contributed by atoms with Gasteiger partial charge in [-0.3, -0.25) is 19.2 Å². The fraction of sp³-hybridized carbons (Fsp3) is 0.688. The second-order valence-corrected chi connectivity index (χ2v) is 14.6. The molecule has 202 valence electrons. The third-order valence-electron chi connectivity index (χ3n) is 6.95. The standard InChI is InChI=1S/C32H50O4/c1-29(2,3)25(33)17-23(18-26(34)30(4,5)6)21-13-15-22(16-14-21)24(19-27(35)31(7,8)9)20-28(36)32(10,11)12/h13-16,23-24H,17-20H2,1-12H3. The first-order valence-electron chi connectivity index (χ1n) is 13.3. The molecule has 0 heterocycles. The number of ketones is 4. The summed E-state index contributed by atoms with van der Waals surface area (Å²) in [6.45, 7) is 22.9. The summed E-state index contributed by atoms with van der Waals surface area (Å²) in [4.78, 5) is 51.6. The SMILES string of the molecule is CC(C)(C)C(=O)CC(CC(=O)C(C)(C)C)c1ccc(C(CC(=O)C(C)(C)C)CC(=O)C(C)(C)C)cc1. The molecule has 0 saturated carbocycles. The monoisotopic (exact) mass is 498 g/mol. The van der Waals surface area contributed by atoms with Gasteiger partial charge in [-0.05, 0) is 23.0 Å². The number of carbonyl (C=O) groups excluding carboxylic acids is 4. The predicted molar refractivity (Wildman–Crippen MR) is 148 cm³/mol. The van der Waals surface area contributed by atoms with Crippen LogP contribution in [0.25, 0.3) is 0 Å². The van der Waals surface area contributed by atoms with Gasteiger partial charge in [-0.25, -0.2) is 0 Å². The number of hydrogen-bond donors (Lipinski definition) is 0. The molecular weight excluding hydrogens is 448 g/mol. The van der Waals surface area contributed by atoms with Gasteiger partial charge in [0.2, 0.25) is 0 Å². The van der Waals surface area contributed by atoms with Crippen LogP contribution >= 0.6 is 0 Å². The number of hydrogen-bond acceptors (Lipinski definition) is 4. The minimum atomic E-state index is -0.477. The van der Waals surface area contributed by atoms with E-state index in [1.54, 1.807) is 0 Å². The molecule has 0 N–H and O–H groups in total.